The van der Waals surface area contributed by atoms with Gasteiger partial charge in [0.1, 0.15) is 5.76 Å². The fourth-order valence-corrected chi connectivity index (χ4v) is 3.01. The summed E-state index contributed by atoms with van der Waals surface area (Å²) in [5, 5.41) is 0. The van der Waals surface area contributed by atoms with E-state index in [0.717, 1.165) is 16.8 Å². The van der Waals surface area contributed by atoms with Gasteiger partial charge in [0.25, 0.3) is 0 Å². The van der Waals surface area contributed by atoms with Gasteiger partial charge in [0.2, 0.25) is 0 Å². The minimum atomic E-state index is 0.0431. The molecule has 0 fully saturated rings. The molecule has 0 aliphatic carbocycles. The van der Waals surface area contributed by atoms with E-state index in [-0.39, 0.29) is 12.1 Å². The molecular weight excluding hydrogens is 316 g/mol. The molecule has 2 N–H and O–H groups in total. The number of likely N-dealkylation sites (N-methyl/N-ethyl adjacent to an activating group) is 1. The van der Waals surface area contributed by atoms with E-state index in [9.17, 15) is 0 Å². The predicted molar refractivity (Wildman–Crippen MR) is 85.4 cm³/mol. The van der Waals surface area contributed by atoms with Crippen LogP contribution in [0.2, 0.25) is 0 Å². The smallest absolute Gasteiger partial charge is 0.105 e. The summed E-state index contributed by atoms with van der Waals surface area (Å²) < 4.78 is 6.44. The Balaban J connectivity index is 2.22. The lowest BCUT2D eigenvalue weighted by Crippen LogP contribution is -2.37. The molecule has 0 radical (unpaired) electrons. The van der Waals surface area contributed by atoms with Gasteiger partial charge in [0.15, 0.2) is 0 Å². The van der Waals surface area contributed by atoms with Gasteiger partial charge in [-0.05, 0) is 44.7 Å². The lowest BCUT2D eigenvalue weighted by molar-refractivity contribution is 0.210. The molecular formula is C16H21BrN2O. The number of halogens is 1. The Hall–Kier alpha value is -1.10. The van der Waals surface area contributed by atoms with Crippen LogP contribution in [0.1, 0.15) is 29.9 Å². The van der Waals surface area contributed by atoms with E-state index in [1.54, 1.807) is 6.26 Å². The van der Waals surface area contributed by atoms with Crippen LogP contribution in [0, 0.1) is 6.92 Å². The minimum absolute atomic E-state index is 0.0431. The van der Waals surface area contributed by atoms with Crippen molar-refractivity contribution in [1.82, 2.24) is 4.90 Å². The van der Waals surface area contributed by atoms with Crippen LogP contribution in [-0.2, 0) is 6.54 Å². The van der Waals surface area contributed by atoms with Gasteiger partial charge in [-0.15, -0.1) is 0 Å². The summed E-state index contributed by atoms with van der Waals surface area (Å²) in [6.45, 7) is 4.86. The highest BCUT2D eigenvalue weighted by atomic mass is 79.9. The number of rotatable bonds is 5. The van der Waals surface area contributed by atoms with E-state index in [1.807, 2.05) is 32.0 Å². The van der Waals surface area contributed by atoms with Gasteiger partial charge in [-0.3, -0.25) is 4.90 Å². The molecule has 2 rings (SSSR count). The molecule has 20 heavy (non-hydrogen) atoms. The second-order valence-corrected chi connectivity index (χ2v) is 6.19. The van der Waals surface area contributed by atoms with Gasteiger partial charge in [-0.1, -0.05) is 28.1 Å². The first kappa shape index (κ1) is 15.3. The van der Waals surface area contributed by atoms with Gasteiger partial charge in [0.05, 0.1) is 6.26 Å². The van der Waals surface area contributed by atoms with Crippen LogP contribution in [0.3, 0.4) is 0 Å². The molecule has 1 aromatic heterocycles. The first-order valence-corrected chi connectivity index (χ1v) is 7.52. The molecule has 4 heteroatoms. The third kappa shape index (κ3) is 3.51. The average Bonchev–Trinajstić information content (AvgIpc) is 2.74. The summed E-state index contributed by atoms with van der Waals surface area (Å²) in [6, 6.07) is 10.6. The predicted octanol–water partition coefficient (Wildman–Crippen LogP) is 3.87. The largest absolute Gasteiger partial charge is 0.469 e. The van der Waals surface area contributed by atoms with Crippen LogP contribution in [-0.4, -0.2) is 18.0 Å². The molecule has 2 unspecified atom stereocenters. The van der Waals surface area contributed by atoms with Gasteiger partial charge in [0, 0.05) is 28.7 Å². The summed E-state index contributed by atoms with van der Waals surface area (Å²) >= 11 is 3.53. The zero-order valence-corrected chi connectivity index (χ0v) is 13.7. The molecule has 3 nitrogen and oxygen atoms in total. The van der Waals surface area contributed by atoms with Crippen molar-refractivity contribution in [2.45, 2.75) is 32.5 Å². The summed E-state index contributed by atoms with van der Waals surface area (Å²) in [5.41, 5.74) is 8.63. The van der Waals surface area contributed by atoms with E-state index < -0.39 is 0 Å². The van der Waals surface area contributed by atoms with Crippen molar-refractivity contribution in [2.75, 3.05) is 7.05 Å². The number of hydrogen-bond donors (Lipinski definition) is 1. The van der Waals surface area contributed by atoms with Crippen LogP contribution in [0.5, 0.6) is 0 Å². The zero-order valence-electron chi connectivity index (χ0n) is 12.1. The Bertz CT molecular complexity index is 565. The third-order valence-electron chi connectivity index (χ3n) is 3.55. The van der Waals surface area contributed by atoms with E-state index in [1.165, 1.54) is 11.1 Å². The molecule has 1 heterocycles. The fourth-order valence-electron chi connectivity index (χ4n) is 2.59. The number of benzene rings is 1. The number of hydrogen-bond acceptors (Lipinski definition) is 3. The second-order valence-electron chi connectivity index (χ2n) is 5.28. The maximum absolute atomic E-state index is 6.21. The first-order chi connectivity index (χ1) is 9.49. The van der Waals surface area contributed by atoms with Gasteiger partial charge in [-0.2, -0.15) is 0 Å². The molecule has 108 valence electrons. The van der Waals surface area contributed by atoms with E-state index in [2.05, 4.69) is 40.0 Å². The molecule has 0 saturated carbocycles. The molecule has 0 aliphatic rings. The van der Waals surface area contributed by atoms with Crippen LogP contribution in [0.25, 0.3) is 0 Å². The lowest BCUT2D eigenvalue weighted by atomic mass is 9.99. The summed E-state index contributed by atoms with van der Waals surface area (Å²) in [7, 11) is 2.10. The summed E-state index contributed by atoms with van der Waals surface area (Å²) in [5.74, 6) is 0.967. The van der Waals surface area contributed by atoms with Gasteiger partial charge in [-0.25, -0.2) is 0 Å². The maximum Gasteiger partial charge on any atom is 0.105 e. The number of furan rings is 1. The molecule has 1 aromatic carbocycles. The normalized spacial score (nSPS) is 14.5. The summed E-state index contributed by atoms with van der Waals surface area (Å²) in [6.07, 6.45) is 1.73. The highest BCUT2D eigenvalue weighted by molar-refractivity contribution is 9.10. The van der Waals surface area contributed by atoms with Crippen molar-refractivity contribution < 1.29 is 4.42 Å². The Morgan fingerprint density at radius 2 is 2.10 bits per heavy atom. The molecule has 0 amide bonds. The molecule has 0 spiro atoms. The minimum Gasteiger partial charge on any atom is -0.469 e. The van der Waals surface area contributed by atoms with Crippen molar-refractivity contribution in [3.05, 3.63) is 58.0 Å². The number of aryl methyl sites for hydroxylation is 1. The third-order valence-corrected chi connectivity index (χ3v) is 4.04. The Kier molecular flexibility index (Phi) is 5.02. The SMILES string of the molecule is Cc1occc1CN(C)C(c1cccc(Br)c1)C(C)N. The van der Waals surface area contributed by atoms with Crippen LogP contribution in [0.15, 0.2) is 45.5 Å². The summed E-state index contributed by atoms with van der Waals surface area (Å²) in [4.78, 5) is 2.27. The topological polar surface area (TPSA) is 42.4 Å². The van der Waals surface area contributed by atoms with Crippen molar-refractivity contribution >= 4 is 15.9 Å². The van der Waals surface area contributed by atoms with Crippen LogP contribution in [0.4, 0.5) is 0 Å². The van der Waals surface area contributed by atoms with Crippen molar-refractivity contribution in [1.29, 1.82) is 0 Å². The van der Waals surface area contributed by atoms with Gasteiger partial charge >= 0.3 is 0 Å². The van der Waals surface area contributed by atoms with Crippen LogP contribution >= 0.6 is 15.9 Å². The van der Waals surface area contributed by atoms with Crippen molar-refractivity contribution in [2.24, 2.45) is 5.73 Å². The molecule has 0 bridgehead atoms. The van der Waals surface area contributed by atoms with Crippen molar-refractivity contribution in [3.63, 3.8) is 0 Å². The van der Waals surface area contributed by atoms with Gasteiger partial charge < -0.3 is 10.2 Å². The molecule has 0 aliphatic heterocycles. The molecule has 2 atom stereocenters. The second kappa shape index (κ2) is 6.57. The number of nitrogens with two attached hydrogens (primary N) is 1. The average molecular weight is 337 g/mol. The zero-order chi connectivity index (χ0) is 14.7. The van der Waals surface area contributed by atoms with E-state index in [0.29, 0.717) is 0 Å². The van der Waals surface area contributed by atoms with E-state index >= 15 is 0 Å². The standard InChI is InChI=1S/C16H21BrN2O/c1-11(18)16(13-5-4-6-15(17)9-13)19(3)10-14-7-8-20-12(14)2/h4-9,11,16H,10,18H2,1-3H3. The fraction of sp³-hybridized carbons (Fsp3) is 0.375. The highest BCUT2D eigenvalue weighted by Gasteiger charge is 2.22. The quantitative estimate of drug-likeness (QED) is 0.901. The molecule has 2 aromatic rings. The first-order valence-electron chi connectivity index (χ1n) is 6.73. The Morgan fingerprint density at radius 3 is 2.65 bits per heavy atom. The van der Waals surface area contributed by atoms with Crippen molar-refractivity contribution in [3.8, 4) is 0 Å². The highest BCUT2D eigenvalue weighted by Crippen LogP contribution is 2.27. The van der Waals surface area contributed by atoms with E-state index in [4.69, 9.17) is 10.2 Å². The van der Waals surface area contributed by atoms with Crippen LogP contribution < -0.4 is 5.73 Å². The lowest BCUT2D eigenvalue weighted by Gasteiger charge is -2.31. The monoisotopic (exact) mass is 336 g/mol. The number of nitrogens with zero attached hydrogens (tertiary/aromatic N) is 1. The molecule has 0 saturated heterocycles. The Morgan fingerprint density at radius 1 is 1.35 bits per heavy atom. The maximum atomic E-state index is 6.21. The Labute approximate surface area is 128 Å².